The molecule has 2 heteroatoms. The van der Waals surface area contributed by atoms with Crippen LogP contribution in [0.5, 0.6) is 0 Å². The minimum Gasteiger partial charge on any atom is -0.435 e. The molecule has 0 bridgehead atoms. The number of hydrogen-bond acceptors (Lipinski definition) is 2. The molecule has 0 N–H and O–H groups in total. The van der Waals surface area contributed by atoms with Gasteiger partial charge in [0.25, 0.3) is 0 Å². The number of rotatable bonds is 5. The summed E-state index contributed by atoms with van der Waals surface area (Å²) in [5.74, 6) is 0.634. The third-order valence-corrected chi connectivity index (χ3v) is 12.1. The third-order valence-electron chi connectivity index (χ3n) is 12.1. The van der Waals surface area contributed by atoms with Gasteiger partial charge in [0, 0.05) is 10.9 Å². The standard InChI is InChI=1S/C57H35NO/c1-3-13-36(14-4-1)41-18-11-19-42(33-41)43-29-26-37-17-12-24-49(50(37)34-43)55-47-22-9-7-20-45(47)53(46-21-8-10-23-48(46)55)44-30-27-38-25-28-39-31-32-52-56(54(39)51(38)35-44)59-57(58-52)40-15-5-2-6-16-40/h1-35H. The van der Waals surface area contributed by atoms with Crippen LogP contribution in [-0.2, 0) is 0 Å². The van der Waals surface area contributed by atoms with E-state index in [1.165, 1.54) is 76.8 Å². The lowest BCUT2D eigenvalue weighted by Gasteiger charge is -2.19. The normalized spacial score (nSPS) is 11.7. The van der Waals surface area contributed by atoms with E-state index in [9.17, 15) is 0 Å². The largest absolute Gasteiger partial charge is 0.435 e. The summed E-state index contributed by atoms with van der Waals surface area (Å²) in [6.07, 6.45) is 0. The molecule has 2 nitrogen and oxygen atoms in total. The molecule has 59 heavy (non-hydrogen) atoms. The summed E-state index contributed by atoms with van der Waals surface area (Å²) < 4.78 is 6.61. The fourth-order valence-electron chi connectivity index (χ4n) is 9.29. The highest BCUT2D eigenvalue weighted by molar-refractivity contribution is 6.25. The Morgan fingerprint density at radius 1 is 0.305 bits per heavy atom. The first kappa shape index (κ1) is 33.3. The molecule has 12 rings (SSSR count). The minimum atomic E-state index is 0.634. The first-order chi connectivity index (χ1) is 29.2. The van der Waals surface area contributed by atoms with E-state index in [4.69, 9.17) is 9.40 Å². The number of fused-ring (bicyclic) bond motifs is 8. The van der Waals surface area contributed by atoms with Gasteiger partial charge >= 0.3 is 0 Å². The summed E-state index contributed by atoms with van der Waals surface area (Å²) in [5.41, 5.74) is 12.4. The zero-order chi connectivity index (χ0) is 38.9. The van der Waals surface area contributed by atoms with Crippen molar-refractivity contribution in [2.45, 2.75) is 0 Å². The van der Waals surface area contributed by atoms with Crippen LogP contribution in [0.2, 0.25) is 0 Å². The van der Waals surface area contributed by atoms with Gasteiger partial charge in [0.15, 0.2) is 5.58 Å². The van der Waals surface area contributed by atoms with Crippen LogP contribution < -0.4 is 0 Å². The molecule has 12 aromatic rings. The van der Waals surface area contributed by atoms with Crippen molar-refractivity contribution in [2.75, 3.05) is 0 Å². The quantitative estimate of drug-likeness (QED) is 0.129. The van der Waals surface area contributed by atoms with E-state index in [1.807, 2.05) is 30.3 Å². The Hall–Kier alpha value is -7.81. The fraction of sp³-hybridized carbons (Fsp3) is 0. The highest BCUT2D eigenvalue weighted by atomic mass is 16.3. The van der Waals surface area contributed by atoms with Crippen LogP contribution in [0.1, 0.15) is 0 Å². The number of hydrogen-bond donors (Lipinski definition) is 0. The predicted molar refractivity (Wildman–Crippen MR) is 249 cm³/mol. The highest BCUT2D eigenvalue weighted by Crippen LogP contribution is 2.47. The van der Waals surface area contributed by atoms with Gasteiger partial charge in [-0.05, 0) is 129 Å². The van der Waals surface area contributed by atoms with Crippen molar-refractivity contribution in [3.05, 3.63) is 212 Å². The van der Waals surface area contributed by atoms with E-state index in [2.05, 4.69) is 182 Å². The van der Waals surface area contributed by atoms with Crippen molar-refractivity contribution in [3.63, 3.8) is 0 Å². The molecule has 1 aromatic heterocycles. The van der Waals surface area contributed by atoms with E-state index < -0.39 is 0 Å². The number of oxazole rings is 1. The van der Waals surface area contributed by atoms with Gasteiger partial charge in [-0.1, -0.05) is 176 Å². The van der Waals surface area contributed by atoms with Crippen LogP contribution in [0.3, 0.4) is 0 Å². The average molecular weight is 750 g/mol. The molecule has 0 unspecified atom stereocenters. The topological polar surface area (TPSA) is 26.0 Å². The Bertz CT molecular complexity index is 3540. The summed E-state index contributed by atoms with van der Waals surface area (Å²) in [7, 11) is 0. The molecule has 0 amide bonds. The van der Waals surface area contributed by atoms with Crippen LogP contribution in [0.25, 0.3) is 121 Å². The molecule has 0 aliphatic carbocycles. The molecule has 1 heterocycles. The second kappa shape index (κ2) is 13.4. The SMILES string of the molecule is c1ccc(-c2cccc(-c3ccc4cccc(-c5c6ccccc6c(-c6ccc7ccc8ccc9nc(-c%10ccccc%10)oc9c8c7c6)c6ccccc56)c4c3)c2)cc1. The zero-order valence-electron chi connectivity index (χ0n) is 32.1. The van der Waals surface area contributed by atoms with E-state index in [1.54, 1.807) is 0 Å². The first-order valence-corrected chi connectivity index (χ1v) is 20.2. The summed E-state index contributed by atoms with van der Waals surface area (Å²) in [6.45, 7) is 0. The Morgan fingerprint density at radius 2 is 0.814 bits per heavy atom. The molecule has 0 fully saturated rings. The van der Waals surface area contributed by atoms with Gasteiger partial charge in [0.2, 0.25) is 5.89 Å². The Morgan fingerprint density at radius 3 is 1.54 bits per heavy atom. The van der Waals surface area contributed by atoms with Crippen molar-refractivity contribution in [3.8, 4) is 56.0 Å². The number of aromatic nitrogens is 1. The van der Waals surface area contributed by atoms with E-state index >= 15 is 0 Å². The van der Waals surface area contributed by atoms with Crippen molar-refractivity contribution in [1.82, 2.24) is 4.98 Å². The van der Waals surface area contributed by atoms with E-state index in [0.717, 1.165) is 38.2 Å². The molecule has 0 radical (unpaired) electrons. The van der Waals surface area contributed by atoms with Crippen LogP contribution >= 0.6 is 0 Å². The molecule has 0 saturated carbocycles. The van der Waals surface area contributed by atoms with Crippen molar-refractivity contribution in [2.24, 2.45) is 0 Å². The van der Waals surface area contributed by atoms with E-state index in [-0.39, 0.29) is 0 Å². The number of nitrogens with zero attached hydrogens (tertiary/aromatic N) is 1. The van der Waals surface area contributed by atoms with Gasteiger partial charge in [-0.25, -0.2) is 4.98 Å². The minimum absolute atomic E-state index is 0.634. The van der Waals surface area contributed by atoms with Crippen LogP contribution in [0, 0.1) is 0 Å². The molecular formula is C57H35NO. The third kappa shape index (κ3) is 5.45. The molecule has 0 aliphatic rings. The van der Waals surface area contributed by atoms with Gasteiger partial charge in [-0.2, -0.15) is 0 Å². The second-order valence-electron chi connectivity index (χ2n) is 15.4. The second-order valence-corrected chi connectivity index (χ2v) is 15.4. The summed E-state index contributed by atoms with van der Waals surface area (Å²) >= 11 is 0. The Kier molecular flexibility index (Phi) is 7.57. The van der Waals surface area contributed by atoms with Gasteiger partial charge in [0.05, 0.1) is 0 Å². The lowest BCUT2D eigenvalue weighted by molar-refractivity contribution is 0.623. The maximum absolute atomic E-state index is 6.61. The van der Waals surface area contributed by atoms with Gasteiger partial charge in [-0.15, -0.1) is 0 Å². The van der Waals surface area contributed by atoms with Crippen LogP contribution in [0.4, 0.5) is 0 Å². The highest BCUT2D eigenvalue weighted by Gasteiger charge is 2.20. The van der Waals surface area contributed by atoms with Crippen LogP contribution in [0.15, 0.2) is 217 Å². The lowest BCUT2D eigenvalue weighted by atomic mass is 9.84. The summed E-state index contributed by atoms with van der Waals surface area (Å²) in [4.78, 5) is 4.93. The van der Waals surface area contributed by atoms with Crippen molar-refractivity contribution >= 4 is 65.0 Å². The average Bonchev–Trinajstić information content (AvgIpc) is 3.76. The molecule has 0 saturated heterocycles. The molecular weight excluding hydrogens is 715 g/mol. The lowest BCUT2D eigenvalue weighted by Crippen LogP contribution is -1.92. The summed E-state index contributed by atoms with van der Waals surface area (Å²) in [5, 5.41) is 11.9. The van der Waals surface area contributed by atoms with Crippen LogP contribution in [-0.4, -0.2) is 4.98 Å². The summed E-state index contributed by atoms with van der Waals surface area (Å²) in [6, 6.07) is 76.7. The molecule has 11 aromatic carbocycles. The maximum atomic E-state index is 6.61. The fourth-order valence-corrected chi connectivity index (χ4v) is 9.29. The van der Waals surface area contributed by atoms with Crippen molar-refractivity contribution < 1.29 is 4.42 Å². The molecule has 0 spiro atoms. The van der Waals surface area contributed by atoms with Gasteiger partial charge < -0.3 is 4.42 Å². The molecule has 274 valence electrons. The number of benzene rings is 11. The Labute approximate surface area is 341 Å². The zero-order valence-corrected chi connectivity index (χ0v) is 32.1. The molecule has 0 aliphatic heterocycles. The smallest absolute Gasteiger partial charge is 0.227 e. The maximum Gasteiger partial charge on any atom is 0.227 e. The predicted octanol–water partition coefficient (Wildman–Crippen LogP) is 15.9. The van der Waals surface area contributed by atoms with E-state index in [0.29, 0.717) is 5.89 Å². The molecule has 0 atom stereocenters. The van der Waals surface area contributed by atoms with Gasteiger partial charge in [-0.3, -0.25) is 0 Å². The monoisotopic (exact) mass is 749 g/mol. The van der Waals surface area contributed by atoms with Crippen molar-refractivity contribution in [1.29, 1.82) is 0 Å². The van der Waals surface area contributed by atoms with Gasteiger partial charge in [0.1, 0.15) is 5.52 Å². The Balaban J connectivity index is 1.08. The first-order valence-electron chi connectivity index (χ1n) is 20.2.